The van der Waals surface area contributed by atoms with Gasteiger partial charge in [0, 0.05) is 30.2 Å². The van der Waals surface area contributed by atoms with E-state index in [1.807, 2.05) is 38.1 Å². The van der Waals surface area contributed by atoms with Gasteiger partial charge in [-0.15, -0.1) is 0 Å². The number of fused-ring (bicyclic) bond motifs is 1. The number of hydrogen-bond acceptors (Lipinski definition) is 2. The van der Waals surface area contributed by atoms with Gasteiger partial charge in [0.15, 0.2) is 0 Å². The Hall–Kier alpha value is -2.11. The van der Waals surface area contributed by atoms with E-state index in [1.165, 1.54) is 11.1 Å². The Balaban J connectivity index is 1.52. The molecule has 4 nitrogen and oxygen atoms in total. The van der Waals surface area contributed by atoms with Crippen molar-refractivity contribution in [3.05, 3.63) is 65.4 Å². The van der Waals surface area contributed by atoms with Gasteiger partial charge in [0.05, 0.1) is 4.90 Å². The van der Waals surface area contributed by atoms with Crippen molar-refractivity contribution in [1.29, 1.82) is 0 Å². The van der Waals surface area contributed by atoms with E-state index in [0.29, 0.717) is 23.9 Å². The summed E-state index contributed by atoms with van der Waals surface area (Å²) < 4.78 is 27.7. The molecule has 1 N–H and O–H groups in total. The summed E-state index contributed by atoms with van der Waals surface area (Å²) in [7, 11) is -3.42. The highest BCUT2D eigenvalue weighted by Crippen LogP contribution is 2.32. The van der Waals surface area contributed by atoms with Crippen LogP contribution < -0.4 is 0 Å². The standard InChI is InChI=1S/C21H24N2O2S/c1-15-7-8-21(16(2)13-15)26(24,25)23-11-9-17(10-12-23)20-14-18-5-3-4-6-19(18)22-20/h3-8,13-14,17,22H,9-12H2,1-2H3. The zero-order valence-corrected chi connectivity index (χ0v) is 16.0. The molecule has 1 saturated heterocycles. The fraction of sp³-hybridized carbons (Fsp3) is 0.333. The largest absolute Gasteiger partial charge is 0.358 e. The van der Waals surface area contributed by atoms with Gasteiger partial charge in [-0.25, -0.2) is 8.42 Å². The van der Waals surface area contributed by atoms with Crippen molar-refractivity contribution in [2.24, 2.45) is 0 Å². The summed E-state index contributed by atoms with van der Waals surface area (Å²) in [6, 6.07) is 16.0. The quantitative estimate of drug-likeness (QED) is 0.747. The average Bonchev–Trinajstić information content (AvgIpc) is 3.05. The Morgan fingerprint density at radius 2 is 1.73 bits per heavy atom. The molecular weight excluding hydrogens is 344 g/mol. The first-order valence-electron chi connectivity index (χ1n) is 9.10. The zero-order valence-electron chi connectivity index (χ0n) is 15.2. The zero-order chi connectivity index (χ0) is 18.3. The smallest absolute Gasteiger partial charge is 0.243 e. The highest BCUT2D eigenvalue weighted by atomic mass is 32.2. The third kappa shape index (κ3) is 3.06. The minimum absolute atomic E-state index is 0.382. The maximum Gasteiger partial charge on any atom is 0.243 e. The van der Waals surface area contributed by atoms with Gasteiger partial charge in [0.2, 0.25) is 10.0 Å². The second-order valence-electron chi connectivity index (χ2n) is 7.26. The van der Waals surface area contributed by atoms with Crippen LogP contribution in [0.3, 0.4) is 0 Å². The highest BCUT2D eigenvalue weighted by Gasteiger charge is 2.31. The number of aryl methyl sites for hydroxylation is 2. The van der Waals surface area contributed by atoms with Gasteiger partial charge >= 0.3 is 0 Å². The molecular formula is C21H24N2O2S. The van der Waals surface area contributed by atoms with E-state index in [0.717, 1.165) is 29.5 Å². The molecule has 0 unspecified atom stereocenters. The molecule has 0 saturated carbocycles. The van der Waals surface area contributed by atoms with Gasteiger partial charge in [0.1, 0.15) is 0 Å². The van der Waals surface area contributed by atoms with Crippen molar-refractivity contribution in [1.82, 2.24) is 9.29 Å². The summed E-state index contributed by atoms with van der Waals surface area (Å²) >= 11 is 0. The van der Waals surface area contributed by atoms with Gasteiger partial charge in [-0.1, -0.05) is 35.9 Å². The van der Waals surface area contributed by atoms with Crippen molar-refractivity contribution in [3.63, 3.8) is 0 Å². The Bertz CT molecular complexity index is 1010. The van der Waals surface area contributed by atoms with Crippen LogP contribution >= 0.6 is 0 Å². The predicted octanol–water partition coefficient (Wildman–Crippen LogP) is 4.35. The first kappa shape index (κ1) is 17.3. The van der Waals surface area contributed by atoms with Crippen LogP contribution in [-0.4, -0.2) is 30.8 Å². The third-order valence-electron chi connectivity index (χ3n) is 5.39. The van der Waals surface area contributed by atoms with Crippen LogP contribution in [0.2, 0.25) is 0 Å². The van der Waals surface area contributed by atoms with Crippen molar-refractivity contribution >= 4 is 20.9 Å². The maximum absolute atomic E-state index is 13.0. The summed E-state index contributed by atoms with van der Waals surface area (Å²) in [6.07, 6.45) is 1.69. The van der Waals surface area contributed by atoms with Crippen molar-refractivity contribution in [2.45, 2.75) is 37.5 Å². The second-order valence-corrected chi connectivity index (χ2v) is 9.17. The van der Waals surface area contributed by atoms with E-state index in [1.54, 1.807) is 10.4 Å². The topological polar surface area (TPSA) is 53.2 Å². The first-order chi connectivity index (χ1) is 12.4. The van der Waals surface area contributed by atoms with Gasteiger partial charge in [-0.2, -0.15) is 4.31 Å². The van der Waals surface area contributed by atoms with Crippen molar-refractivity contribution < 1.29 is 8.42 Å². The molecule has 0 bridgehead atoms. The normalized spacial score (nSPS) is 17.0. The molecule has 1 aliphatic rings. The predicted molar refractivity (Wildman–Crippen MR) is 105 cm³/mol. The van der Waals surface area contributed by atoms with Crippen LogP contribution in [0.5, 0.6) is 0 Å². The lowest BCUT2D eigenvalue weighted by Gasteiger charge is -2.31. The lowest BCUT2D eigenvalue weighted by atomic mass is 9.95. The molecule has 0 radical (unpaired) electrons. The van der Waals surface area contributed by atoms with E-state index in [2.05, 4.69) is 23.2 Å². The number of hydrogen-bond donors (Lipinski definition) is 1. The molecule has 1 aromatic heterocycles. The number of sulfonamides is 1. The molecule has 2 heterocycles. The van der Waals surface area contributed by atoms with Crippen LogP contribution in [0, 0.1) is 13.8 Å². The van der Waals surface area contributed by atoms with E-state index in [4.69, 9.17) is 0 Å². The molecule has 3 aromatic rings. The van der Waals surface area contributed by atoms with E-state index in [-0.39, 0.29) is 0 Å². The molecule has 0 aliphatic carbocycles. The summed E-state index contributed by atoms with van der Waals surface area (Å²) in [6.45, 7) is 4.98. The SMILES string of the molecule is Cc1ccc(S(=O)(=O)N2CCC(c3cc4ccccc4[nH]3)CC2)c(C)c1. The van der Waals surface area contributed by atoms with Gasteiger partial charge in [0.25, 0.3) is 0 Å². The van der Waals surface area contributed by atoms with Crippen molar-refractivity contribution in [2.75, 3.05) is 13.1 Å². The van der Waals surface area contributed by atoms with Crippen LogP contribution in [0.4, 0.5) is 0 Å². The fourth-order valence-electron chi connectivity index (χ4n) is 3.95. The molecule has 1 aliphatic heterocycles. The molecule has 0 atom stereocenters. The summed E-state index contributed by atoms with van der Waals surface area (Å²) in [5.74, 6) is 0.382. The maximum atomic E-state index is 13.0. The fourth-order valence-corrected chi connectivity index (χ4v) is 5.63. The number of nitrogens with one attached hydrogen (secondary N) is 1. The lowest BCUT2D eigenvalue weighted by molar-refractivity contribution is 0.317. The van der Waals surface area contributed by atoms with E-state index >= 15 is 0 Å². The Kier molecular flexibility index (Phi) is 4.37. The first-order valence-corrected chi connectivity index (χ1v) is 10.5. The number of H-pyrrole nitrogens is 1. The number of benzene rings is 2. The lowest BCUT2D eigenvalue weighted by Crippen LogP contribution is -2.38. The van der Waals surface area contributed by atoms with Crippen molar-refractivity contribution in [3.8, 4) is 0 Å². The number of aromatic amines is 1. The molecule has 136 valence electrons. The minimum Gasteiger partial charge on any atom is -0.358 e. The number of para-hydroxylation sites is 1. The van der Waals surface area contributed by atoms with E-state index in [9.17, 15) is 8.42 Å². The van der Waals surface area contributed by atoms with Crippen LogP contribution in [0.25, 0.3) is 10.9 Å². The van der Waals surface area contributed by atoms with Gasteiger partial charge < -0.3 is 4.98 Å². The Labute approximate surface area is 154 Å². The third-order valence-corrected chi connectivity index (χ3v) is 7.45. The van der Waals surface area contributed by atoms with Crippen LogP contribution in [0.15, 0.2) is 53.4 Å². The summed E-state index contributed by atoms with van der Waals surface area (Å²) in [5, 5.41) is 1.22. The summed E-state index contributed by atoms with van der Waals surface area (Å²) in [4.78, 5) is 3.94. The van der Waals surface area contributed by atoms with Crippen LogP contribution in [0.1, 0.15) is 35.6 Å². The highest BCUT2D eigenvalue weighted by molar-refractivity contribution is 7.89. The second kappa shape index (κ2) is 6.56. The molecule has 0 spiro atoms. The molecule has 5 heteroatoms. The Morgan fingerprint density at radius 1 is 1.00 bits per heavy atom. The summed E-state index contributed by atoms with van der Waals surface area (Å²) in [5.41, 5.74) is 4.27. The van der Waals surface area contributed by atoms with E-state index < -0.39 is 10.0 Å². The van der Waals surface area contributed by atoms with Gasteiger partial charge in [-0.3, -0.25) is 0 Å². The molecule has 0 amide bonds. The molecule has 1 fully saturated rings. The average molecular weight is 369 g/mol. The number of rotatable bonds is 3. The molecule has 26 heavy (non-hydrogen) atoms. The monoisotopic (exact) mass is 368 g/mol. The Morgan fingerprint density at radius 3 is 2.42 bits per heavy atom. The number of aromatic nitrogens is 1. The minimum atomic E-state index is -3.42. The van der Waals surface area contributed by atoms with Gasteiger partial charge in [-0.05, 0) is 55.8 Å². The number of piperidine rings is 1. The van der Waals surface area contributed by atoms with Crippen LogP contribution in [-0.2, 0) is 10.0 Å². The molecule has 4 rings (SSSR count). The molecule has 2 aromatic carbocycles. The number of nitrogens with zero attached hydrogens (tertiary/aromatic N) is 1.